The van der Waals surface area contributed by atoms with Gasteiger partial charge in [0.15, 0.2) is 0 Å². The maximum absolute atomic E-state index is 8.87. The number of nitriles is 1. The molecule has 2 fully saturated rings. The summed E-state index contributed by atoms with van der Waals surface area (Å²) in [5.74, 6) is 3.67. The van der Waals surface area contributed by atoms with Crippen LogP contribution in [0.1, 0.15) is 88.2 Å². The van der Waals surface area contributed by atoms with Crippen molar-refractivity contribution >= 4 is 0 Å². The summed E-state index contributed by atoms with van der Waals surface area (Å²) in [5, 5.41) is 8.87. The maximum Gasteiger partial charge on any atom is 0 e. The van der Waals surface area contributed by atoms with Gasteiger partial charge < -0.3 is 0 Å². The fourth-order valence-corrected chi connectivity index (χ4v) is 4.63. The molecule has 0 unspecified atom stereocenters. The predicted molar refractivity (Wildman–Crippen MR) is 95.0 cm³/mol. The van der Waals surface area contributed by atoms with E-state index in [9.17, 15) is 0 Å². The summed E-state index contributed by atoms with van der Waals surface area (Å²) in [6.07, 6.45) is 14.3. The third kappa shape index (κ3) is 5.67. The van der Waals surface area contributed by atoms with Gasteiger partial charge in [-0.3, -0.25) is 5.26 Å². The Balaban J connectivity index is 0.00000208. The molecule has 2 heteroatoms. The molecular weight excluding hydrogens is 367 g/mol. The number of rotatable bonds is 4. The summed E-state index contributed by atoms with van der Waals surface area (Å²) in [6.45, 7) is 2.41. The molecular formula is C22H30NY-. The Morgan fingerprint density at radius 3 is 2.04 bits per heavy atom. The van der Waals surface area contributed by atoms with Gasteiger partial charge in [-0.2, -0.15) is 0 Å². The zero-order valence-corrected chi connectivity index (χ0v) is 18.0. The van der Waals surface area contributed by atoms with Crippen LogP contribution >= 0.6 is 0 Å². The second-order valence-electron chi connectivity index (χ2n) is 8.07. The molecule has 127 valence electrons. The first-order valence-electron chi connectivity index (χ1n) is 9.66. The van der Waals surface area contributed by atoms with Gasteiger partial charge in [-0.15, -0.1) is 29.8 Å². The molecule has 0 aromatic heterocycles. The van der Waals surface area contributed by atoms with Gasteiger partial charge in [0.1, 0.15) is 0 Å². The number of benzene rings is 1. The van der Waals surface area contributed by atoms with Gasteiger partial charge in [-0.05, 0) is 23.8 Å². The first-order chi connectivity index (χ1) is 11.2. The van der Waals surface area contributed by atoms with E-state index < -0.39 is 0 Å². The molecule has 0 amide bonds. The van der Waals surface area contributed by atoms with Crippen LogP contribution in [0.3, 0.4) is 0 Å². The molecule has 1 radical (unpaired) electrons. The van der Waals surface area contributed by atoms with E-state index in [1.165, 1.54) is 69.8 Å². The minimum Gasteiger partial charge on any atom is -0.262 e. The molecule has 0 saturated heterocycles. The van der Waals surface area contributed by atoms with Crippen molar-refractivity contribution in [3.63, 3.8) is 0 Å². The van der Waals surface area contributed by atoms with E-state index in [1.54, 1.807) is 0 Å². The standard InChI is InChI=1S/C22H30N.Y/c1-17-2-4-18(5-3-17)6-7-19-8-12-21(13-9-19)22-14-10-20(16-23)11-15-22;/h10,14-15,17-19,21H,2-9,12-13H2,1H3;/q-1;. The maximum atomic E-state index is 8.87. The number of hydrogen-bond donors (Lipinski definition) is 0. The summed E-state index contributed by atoms with van der Waals surface area (Å²) in [6, 6.07) is 11.4. The van der Waals surface area contributed by atoms with Gasteiger partial charge in [0, 0.05) is 32.7 Å². The van der Waals surface area contributed by atoms with E-state index in [0.29, 0.717) is 11.5 Å². The third-order valence-corrected chi connectivity index (χ3v) is 6.39. The van der Waals surface area contributed by atoms with Gasteiger partial charge >= 0.3 is 0 Å². The molecule has 0 atom stereocenters. The first-order valence-corrected chi connectivity index (χ1v) is 9.66. The third-order valence-electron chi connectivity index (χ3n) is 6.39. The normalized spacial score (nSPS) is 30.2. The van der Waals surface area contributed by atoms with Gasteiger partial charge in [-0.25, -0.2) is 0 Å². The number of hydrogen-bond acceptors (Lipinski definition) is 1. The monoisotopic (exact) mass is 397 g/mol. The van der Waals surface area contributed by atoms with Crippen LogP contribution in [-0.4, -0.2) is 0 Å². The average molecular weight is 397 g/mol. The Morgan fingerprint density at radius 2 is 1.54 bits per heavy atom. The van der Waals surface area contributed by atoms with Gasteiger partial charge in [0.2, 0.25) is 0 Å². The van der Waals surface area contributed by atoms with Gasteiger partial charge in [0.25, 0.3) is 0 Å². The molecule has 1 nitrogen and oxygen atoms in total. The molecule has 3 rings (SSSR count). The van der Waals surface area contributed by atoms with E-state index in [0.717, 1.165) is 17.8 Å². The summed E-state index contributed by atoms with van der Waals surface area (Å²) in [5.41, 5.74) is 2.05. The molecule has 1 aromatic carbocycles. The van der Waals surface area contributed by atoms with E-state index in [4.69, 9.17) is 5.26 Å². The Morgan fingerprint density at radius 1 is 0.958 bits per heavy atom. The van der Waals surface area contributed by atoms with Crippen molar-refractivity contribution in [1.29, 1.82) is 5.26 Å². The van der Waals surface area contributed by atoms with E-state index >= 15 is 0 Å². The van der Waals surface area contributed by atoms with Crippen LogP contribution in [0.4, 0.5) is 0 Å². The minimum atomic E-state index is 0. The second kappa shape index (κ2) is 10.1. The van der Waals surface area contributed by atoms with Crippen LogP contribution in [0.25, 0.3) is 0 Å². The van der Waals surface area contributed by atoms with E-state index in [-0.39, 0.29) is 32.7 Å². The molecule has 24 heavy (non-hydrogen) atoms. The minimum absolute atomic E-state index is 0. The molecule has 1 aromatic rings. The fourth-order valence-electron chi connectivity index (χ4n) is 4.63. The van der Waals surface area contributed by atoms with E-state index in [1.807, 2.05) is 12.1 Å². The zero-order valence-electron chi connectivity index (χ0n) is 15.1. The fraction of sp³-hybridized carbons (Fsp3) is 0.682. The molecule has 0 bridgehead atoms. The van der Waals surface area contributed by atoms with Crippen LogP contribution in [0.5, 0.6) is 0 Å². The topological polar surface area (TPSA) is 23.8 Å². The van der Waals surface area contributed by atoms with Crippen molar-refractivity contribution in [2.24, 2.45) is 17.8 Å². The largest absolute Gasteiger partial charge is 0.262 e. The van der Waals surface area contributed by atoms with Crippen molar-refractivity contribution < 1.29 is 32.7 Å². The summed E-state index contributed by atoms with van der Waals surface area (Å²) in [7, 11) is 0. The van der Waals surface area contributed by atoms with E-state index in [2.05, 4.69) is 25.1 Å². The van der Waals surface area contributed by atoms with Crippen molar-refractivity contribution in [3.05, 3.63) is 35.4 Å². The Kier molecular flexibility index (Phi) is 8.46. The SMILES string of the molecule is CC1CCC(CCC2CCC(c3c[c-]c(C#N)cc3)CC2)CC1.[Y]. The first kappa shape index (κ1) is 20.1. The molecule has 0 N–H and O–H groups in total. The van der Waals surface area contributed by atoms with Crippen molar-refractivity contribution in [3.8, 4) is 6.07 Å². The summed E-state index contributed by atoms with van der Waals surface area (Å²) in [4.78, 5) is 0. The Bertz CT molecular complexity index is 514. The molecule has 0 aliphatic heterocycles. The molecule has 2 aliphatic carbocycles. The quantitative estimate of drug-likeness (QED) is 0.552. The van der Waals surface area contributed by atoms with Crippen LogP contribution in [0.2, 0.25) is 0 Å². The predicted octanol–water partition coefficient (Wildman–Crippen LogP) is 6.24. The van der Waals surface area contributed by atoms with Crippen LogP contribution in [0, 0.1) is 35.2 Å². The van der Waals surface area contributed by atoms with Crippen molar-refractivity contribution in [2.75, 3.05) is 0 Å². The molecule has 0 spiro atoms. The summed E-state index contributed by atoms with van der Waals surface area (Å²) >= 11 is 0. The Labute approximate surface area is 173 Å². The van der Waals surface area contributed by atoms with Gasteiger partial charge in [0.05, 0.1) is 0 Å². The van der Waals surface area contributed by atoms with Crippen molar-refractivity contribution in [1.82, 2.24) is 0 Å². The van der Waals surface area contributed by atoms with Crippen LogP contribution < -0.4 is 0 Å². The second-order valence-corrected chi connectivity index (χ2v) is 8.07. The molecule has 2 aliphatic rings. The summed E-state index contributed by atoms with van der Waals surface area (Å²) < 4.78 is 0. The van der Waals surface area contributed by atoms with Crippen LogP contribution in [-0.2, 0) is 32.7 Å². The van der Waals surface area contributed by atoms with Gasteiger partial charge in [-0.1, -0.05) is 82.6 Å². The molecule has 2 saturated carbocycles. The Hall–Kier alpha value is -0.186. The number of nitrogens with zero attached hydrogens (tertiary/aromatic N) is 1. The zero-order chi connectivity index (χ0) is 16.1. The average Bonchev–Trinajstić information content (AvgIpc) is 2.62. The molecule has 0 heterocycles. The smallest absolute Gasteiger partial charge is 0 e. The van der Waals surface area contributed by atoms with Crippen molar-refractivity contribution in [2.45, 2.75) is 77.0 Å². The van der Waals surface area contributed by atoms with Crippen LogP contribution in [0.15, 0.2) is 18.2 Å².